The van der Waals surface area contributed by atoms with Crippen LogP contribution in [0.25, 0.3) is 0 Å². The van der Waals surface area contributed by atoms with Crippen molar-refractivity contribution < 1.29 is 16.0 Å². The summed E-state index contributed by atoms with van der Waals surface area (Å²) in [6.07, 6.45) is 0. The first-order valence-corrected chi connectivity index (χ1v) is 0.952. The van der Waals surface area contributed by atoms with Crippen molar-refractivity contribution in [3.63, 3.8) is 0 Å². The van der Waals surface area contributed by atoms with Crippen molar-refractivity contribution in [3.8, 4) is 4.97 Å². The van der Waals surface area contributed by atoms with Crippen molar-refractivity contribution in [2.75, 3.05) is 0 Å². The summed E-state index contributed by atoms with van der Waals surface area (Å²) in [5, 5.41) is 7.21. The van der Waals surface area contributed by atoms with Gasteiger partial charge in [-0.3, -0.25) is 0 Å². The van der Waals surface area contributed by atoms with Gasteiger partial charge in [-0.25, -0.2) is 0 Å². The Hall–Kier alpha value is 2.44. The van der Waals surface area contributed by atoms with Crippen LogP contribution in [0.2, 0.25) is 0 Å². The molecule has 0 aromatic rings. The van der Waals surface area contributed by atoms with E-state index in [9.17, 15) is 0 Å². The molecule has 0 aliphatic heterocycles. The molecule has 0 bridgehead atoms. The van der Waals surface area contributed by atoms with Crippen LogP contribution >= 0.6 is 0 Å². The van der Waals surface area contributed by atoms with Crippen molar-refractivity contribution in [2.24, 2.45) is 0 Å². The van der Waals surface area contributed by atoms with E-state index in [-0.39, 0.29) is 75.3 Å². The molecule has 1 nitrogen and oxygen atoms in total. The van der Waals surface area contributed by atoms with Gasteiger partial charge in [0.1, 0.15) is 0 Å². The average Bonchev–Trinajstić information content (AvgIpc) is 0.918. The third-order valence-corrected chi connectivity index (χ3v) is 0. The van der Waals surface area contributed by atoms with Crippen LogP contribution in [0.3, 0.4) is 0 Å². The molecule has 0 aromatic carbocycles. The fourth-order valence-corrected chi connectivity index (χ4v) is 0. The molecule has 0 aliphatic carbocycles. The first-order chi connectivity index (χ1) is 1.41. The average molecular weight is 243 g/mol. The molecule has 0 aromatic heterocycles. The quantitative estimate of drug-likeness (QED) is 0.472. The summed E-state index contributed by atoms with van der Waals surface area (Å²) in [5.41, 5.74) is 0. The van der Waals surface area contributed by atoms with Gasteiger partial charge in [-0.2, -0.15) is 0 Å². The summed E-state index contributed by atoms with van der Waals surface area (Å²) < 4.78 is 0. The van der Waals surface area contributed by atoms with E-state index in [1.54, 1.807) is 0 Å². The van der Waals surface area contributed by atoms with E-state index in [0.717, 1.165) is 0 Å². The van der Waals surface area contributed by atoms with Gasteiger partial charge < -0.3 is 0 Å². The van der Waals surface area contributed by atoms with Gasteiger partial charge in [0.05, 0.1) is 0 Å². The predicted octanol–water partition coefficient (Wildman–Crippen LogP) is -1.55. The third kappa shape index (κ3) is 21.3. The van der Waals surface area contributed by atoms with Crippen LogP contribution in [-0.2, 0) is 16.0 Å². The predicted molar refractivity (Wildman–Crippen MR) is 21.3 cm³/mol. The molecule has 4 heteroatoms. The van der Waals surface area contributed by atoms with Crippen LogP contribution in [0.15, 0.2) is 0 Å². The molecule has 25 valence electrons. The van der Waals surface area contributed by atoms with Gasteiger partial charge in [-0.1, -0.05) is 0 Å². The summed E-state index contributed by atoms with van der Waals surface area (Å²) in [6.45, 7) is 0. The second kappa shape index (κ2) is 16.1. The second-order valence-electron chi connectivity index (χ2n) is 0.0791. The molecular weight excluding hydrogens is 240 g/mol. The Balaban J connectivity index is -0.0000000200. The molecule has 0 saturated carbocycles. The summed E-state index contributed by atoms with van der Waals surface area (Å²) in [4.78, 5) is 1.50. The van der Waals surface area contributed by atoms with Crippen LogP contribution in [0.1, 0.15) is 0 Å². The van der Waals surface area contributed by atoms with Crippen molar-refractivity contribution >= 4 is 75.3 Å². The number of hydrogen-bond acceptors (Lipinski definition) is 1. The number of nitrogens with zero attached hydrogens (tertiary/aromatic N) is 1. The third-order valence-electron chi connectivity index (χ3n) is 0. The van der Waals surface area contributed by atoms with Crippen LogP contribution in [0.5, 0.6) is 0 Å². The standard InChI is InChI=1S/CN.Fe.K.Sn.3H/c1-2;;;;;;. The van der Waals surface area contributed by atoms with Gasteiger partial charge in [0.2, 0.25) is 0 Å². The Labute approximate surface area is 99.1 Å². The fourth-order valence-electron chi connectivity index (χ4n) is 0. The van der Waals surface area contributed by atoms with Gasteiger partial charge in [0.25, 0.3) is 0 Å². The zero-order chi connectivity index (χ0) is 2.71. The molecule has 0 unspecified atom stereocenters. The van der Waals surface area contributed by atoms with E-state index in [0.29, 0.717) is 0 Å². The van der Waals surface area contributed by atoms with E-state index >= 15 is 0 Å². The van der Waals surface area contributed by atoms with Gasteiger partial charge in [0.15, 0.2) is 0 Å². The van der Waals surface area contributed by atoms with Gasteiger partial charge in [-0.05, 0) is 0 Å². The molecule has 0 N–H and O–H groups in total. The van der Waals surface area contributed by atoms with Crippen LogP contribution < -0.4 is 0 Å². The van der Waals surface area contributed by atoms with E-state index in [4.69, 9.17) is 5.26 Å². The number of rotatable bonds is 0. The Kier molecular flexibility index (Phi) is 50.4. The normalized spacial score (nSPS) is 1.60. The maximum atomic E-state index is 7.21. The molecule has 0 fully saturated rings. The number of hydrogen-bond donors (Lipinski definition) is 0. The summed E-state index contributed by atoms with van der Waals surface area (Å²) in [5.74, 6) is 0. The summed E-state index contributed by atoms with van der Waals surface area (Å²) in [7, 11) is 0. The van der Waals surface area contributed by atoms with Crippen molar-refractivity contribution in [3.05, 3.63) is 0 Å². The molecule has 2 radical (unpaired) electrons. The molecule has 5 heavy (non-hydrogen) atoms. The van der Waals surface area contributed by atoms with Crippen molar-refractivity contribution in [2.45, 2.75) is 0 Å². The topological polar surface area (TPSA) is 23.8 Å². The minimum atomic E-state index is 0. The van der Waals surface area contributed by atoms with E-state index in [1.165, 1.54) is 4.97 Å². The van der Waals surface area contributed by atoms with Gasteiger partial charge in [0, 0.05) is 0 Å². The fraction of sp³-hybridized carbons (Fsp3) is 0. The monoisotopic (exact) mass is 244 g/mol. The Bertz CT molecular complexity index is 33.1. The van der Waals surface area contributed by atoms with Gasteiger partial charge in [-0.15, -0.1) is 0 Å². The zero-order valence-electron chi connectivity index (χ0n) is 2.01. The number of nitriles is 1. The van der Waals surface area contributed by atoms with Crippen molar-refractivity contribution in [1.82, 2.24) is 0 Å². The molecule has 0 atom stereocenters. The van der Waals surface area contributed by atoms with E-state index in [2.05, 4.69) is 16.0 Å². The molecule has 0 amide bonds. The molecule has 0 heterocycles. The van der Waals surface area contributed by atoms with Gasteiger partial charge >= 0.3 is 102 Å². The Morgan fingerprint density at radius 2 is 1.60 bits per heavy atom. The van der Waals surface area contributed by atoms with E-state index in [1.807, 2.05) is 0 Å². The maximum absolute atomic E-state index is 7.21. The first-order valence-electron chi connectivity index (χ1n) is 0.400. The molecule has 0 aliphatic rings. The second-order valence-corrected chi connectivity index (χ2v) is 0.326. The van der Waals surface area contributed by atoms with Crippen LogP contribution in [0, 0.1) is 10.2 Å². The Morgan fingerprint density at radius 1 is 1.60 bits per heavy atom. The minimum absolute atomic E-state index is 0. The summed E-state index contributed by atoms with van der Waals surface area (Å²) >= 11 is 2.79. The molecule has 0 spiro atoms. The van der Waals surface area contributed by atoms with Crippen LogP contribution in [0.4, 0.5) is 0 Å². The van der Waals surface area contributed by atoms with Crippen LogP contribution in [-0.4, -0.2) is 75.3 Å². The SMILES string of the molecule is N#[C][Fe].[KH].[SnH2]. The Morgan fingerprint density at radius 3 is 1.60 bits per heavy atom. The molecule has 0 saturated heterocycles. The molecule has 0 rings (SSSR count). The van der Waals surface area contributed by atoms with E-state index < -0.39 is 0 Å². The zero-order valence-corrected chi connectivity index (χ0v) is 7.15. The molecular formula is CH3FeKNSn. The first kappa shape index (κ1) is 15.7. The van der Waals surface area contributed by atoms with Crippen molar-refractivity contribution in [1.29, 1.82) is 5.26 Å². The summed E-state index contributed by atoms with van der Waals surface area (Å²) in [6, 6.07) is 0.